The van der Waals surface area contributed by atoms with Crippen LogP contribution in [0.1, 0.15) is 42.1 Å². The smallest absolute Gasteiger partial charge is 0.253 e. The Labute approximate surface area is 104 Å². The lowest BCUT2D eigenvalue weighted by Gasteiger charge is -2.18. The van der Waals surface area contributed by atoms with Crippen LogP contribution >= 0.6 is 0 Å². The molecule has 1 rings (SSSR count). The zero-order chi connectivity index (χ0) is 12.8. The van der Waals surface area contributed by atoms with E-state index in [1.807, 2.05) is 32.2 Å². The van der Waals surface area contributed by atoms with Gasteiger partial charge in [0.1, 0.15) is 0 Å². The molecule has 1 amide bonds. The molecular weight excluding hydrogens is 212 g/mol. The van der Waals surface area contributed by atoms with Gasteiger partial charge in [0.25, 0.3) is 5.91 Å². The largest absolute Gasteiger partial charge is 0.398 e. The topological polar surface area (TPSA) is 46.3 Å². The summed E-state index contributed by atoms with van der Waals surface area (Å²) in [5, 5.41) is 0. The summed E-state index contributed by atoms with van der Waals surface area (Å²) in [6, 6.07) is 5.49. The van der Waals surface area contributed by atoms with Crippen molar-refractivity contribution in [2.45, 2.75) is 33.1 Å². The predicted molar refractivity (Wildman–Crippen MR) is 72.1 cm³/mol. The molecule has 0 spiro atoms. The van der Waals surface area contributed by atoms with Crippen molar-refractivity contribution in [2.75, 3.05) is 19.3 Å². The zero-order valence-corrected chi connectivity index (χ0v) is 11.0. The maximum Gasteiger partial charge on any atom is 0.253 e. The van der Waals surface area contributed by atoms with Gasteiger partial charge in [-0.25, -0.2) is 0 Å². The second-order valence-corrected chi connectivity index (χ2v) is 4.45. The van der Waals surface area contributed by atoms with Gasteiger partial charge < -0.3 is 10.6 Å². The number of nitrogen functional groups attached to an aromatic ring is 1. The highest BCUT2D eigenvalue weighted by molar-refractivity contribution is 5.96. The van der Waals surface area contributed by atoms with Gasteiger partial charge in [-0.15, -0.1) is 0 Å². The van der Waals surface area contributed by atoms with Crippen molar-refractivity contribution in [3.63, 3.8) is 0 Å². The summed E-state index contributed by atoms with van der Waals surface area (Å²) in [6.07, 6.45) is 3.38. The van der Waals surface area contributed by atoms with Gasteiger partial charge in [-0.2, -0.15) is 0 Å². The molecule has 0 heterocycles. The fourth-order valence-corrected chi connectivity index (χ4v) is 1.79. The van der Waals surface area contributed by atoms with Gasteiger partial charge >= 0.3 is 0 Å². The van der Waals surface area contributed by atoms with Crippen LogP contribution in [-0.4, -0.2) is 24.4 Å². The highest BCUT2D eigenvalue weighted by atomic mass is 16.2. The van der Waals surface area contributed by atoms with Gasteiger partial charge in [0.15, 0.2) is 0 Å². The molecule has 0 saturated heterocycles. The molecule has 3 nitrogen and oxygen atoms in total. The van der Waals surface area contributed by atoms with Crippen molar-refractivity contribution in [1.82, 2.24) is 4.90 Å². The molecule has 3 heteroatoms. The molecule has 0 radical (unpaired) electrons. The Morgan fingerprint density at radius 1 is 1.35 bits per heavy atom. The molecule has 0 unspecified atom stereocenters. The van der Waals surface area contributed by atoms with Crippen LogP contribution in [0.5, 0.6) is 0 Å². The highest BCUT2D eigenvalue weighted by Gasteiger charge is 2.14. The lowest BCUT2D eigenvalue weighted by molar-refractivity contribution is 0.0792. The molecule has 0 aliphatic rings. The Balaban J connectivity index is 2.71. The number of amides is 1. The fourth-order valence-electron chi connectivity index (χ4n) is 1.79. The first kappa shape index (κ1) is 13.6. The number of hydrogen-bond donors (Lipinski definition) is 1. The van der Waals surface area contributed by atoms with Crippen molar-refractivity contribution in [2.24, 2.45) is 0 Å². The quantitative estimate of drug-likeness (QED) is 0.629. The molecule has 0 bridgehead atoms. The lowest BCUT2D eigenvalue weighted by atomic mass is 10.1. The fraction of sp³-hybridized carbons (Fsp3) is 0.500. The minimum Gasteiger partial charge on any atom is -0.398 e. The van der Waals surface area contributed by atoms with E-state index in [0.717, 1.165) is 24.9 Å². The number of unbranched alkanes of at least 4 members (excludes halogenated alkanes) is 2. The Morgan fingerprint density at radius 2 is 2.06 bits per heavy atom. The van der Waals surface area contributed by atoms with Crippen LogP contribution in [0.4, 0.5) is 5.69 Å². The summed E-state index contributed by atoms with van der Waals surface area (Å²) < 4.78 is 0. The van der Waals surface area contributed by atoms with E-state index in [1.54, 1.807) is 4.90 Å². The first-order valence-electron chi connectivity index (χ1n) is 6.18. The van der Waals surface area contributed by atoms with Crippen LogP contribution in [0.2, 0.25) is 0 Å². The maximum absolute atomic E-state index is 12.2. The third kappa shape index (κ3) is 3.48. The van der Waals surface area contributed by atoms with Gasteiger partial charge in [0.05, 0.1) is 0 Å². The highest BCUT2D eigenvalue weighted by Crippen LogP contribution is 2.17. The third-order valence-electron chi connectivity index (χ3n) is 3.05. The van der Waals surface area contributed by atoms with E-state index in [0.29, 0.717) is 11.3 Å². The van der Waals surface area contributed by atoms with Crippen molar-refractivity contribution in [3.8, 4) is 0 Å². The lowest BCUT2D eigenvalue weighted by Crippen LogP contribution is -2.28. The predicted octanol–water partition coefficient (Wildman–Crippen LogP) is 2.84. The molecular formula is C14H22N2O. The van der Waals surface area contributed by atoms with E-state index in [9.17, 15) is 4.79 Å². The molecule has 0 fully saturated rings. The molecule has 2 N–H and O–H groups in total. The first-order valence-corrected chi connectivity index (χ1v) is 6.18. The third-order valence-corrected chi connectivity index (χ3v) is 3.05. The summed E-state index contributed by atoms with van der Waals surface area (Å²) in [4.78, 5) is 14.0. The van der Waals surface area contributed by atoms with Crippen LogP contribution < -0.4 is 5.73 Å². The normalized spacial score (nSPS) is 10.3. The van der Waals surface area contributed by atoms with Crippen LogP contribution in [0.3, 0.4) is 0 Å². The second kappa shape index (κ2) is 6.28. The van der Waals surface area contributed by atoms with E-state index in [1.165, 1.54) is 6.42 Å². The van der Waals surface area contributed by atoms with Crippen LogP contribution in [-0.2, 0) is 0 Å². The van der Waals surface area contributed by atoms with Crippen molar-refractivity contribution in [3.05, 3.63) is 29.3 Å². The molecule has 0 aliphatic heterocycles. The minimum atomic E-state index is 0.0610. The summed E-state index contributed by atoms with van der Waals surface area (Å²) in [7, 11) is 1.85. The second-order valence-electron chi connectivity index (χ2n) is 4.45. The Morgan fingerprint density at radius 3 is 2.71 bits per heavy atom. The molecule has 0 aromatic heterocycles. The number of carbonyl (C=O) groups is 1. The van der Waals surface area contributed by atoms with Crippen LogP contribution in [0.25, 0.3) is 0 Å². The van der Waals surface area contributed by atoms with Crippen LogP contribution in [0, 0.1) is 6.92 Å². The van der Waals surface area contributed by atoms with E-state index in [4.69, 9.17) is 5.73 Å². The number of nitrogens with zero attached hydrogens (tertiary/aromatic N) is 1. The average Bonchev–Trinajstić information content (AvgIpc) is 2.32. The first-order chi connectivity index (χ1) is 8.07. The Hall–Kier alpha value is -1.51. The van der Waals surface area contributed by atoms with E-state index in [-0.39, 0.29) is 5.91 Å². The molecule has 94 valence electrons. The minimum absolute atomic E-state index is 0.0610. The Kier molecular flexibility index (Phi) is 5.01. The molecule has 17 heavy (non-hydrogen) atoms. The molecule has 1 aromatic carbocycles. The number of benzene rings is 1. The summed E-state index contributed by atoms with van der Waals surface area (Å²) in [5.41, 5.74) is 8.07. The summed E-state index contributed by atoms with van der Waals surface area (Å²) in [6.45, 7) is 4.85. The maximum atomic E-state index is 12.2. The molecule has 0 atom stereocenters. The van der Waals surface area contributed by atoms with Crippen molar-refractivity contribution >= 4 is 11.6 Å². The van der Waals surface area contributed by atoms with Gasteiger partial charge in [-0.3, -0.25) is 4.79 Å². The average molecular weight is 234 g/mol. The van der Waals surface area contributed by atoms with E-state index < -0.39 is 0 Å². The number of nitrogens with two attached hydrogens (primary N) is 1. The zero-order valence-electron chi connectivity index (χ0n) is 11.0. The van der Waals surface area contributed by atoms with Gasteiger partial charge in [-0.1, -0.05) is 25.8 Å². The summed E-state index contributed by atoms with van der Waals surface area (Å²) in [5.74, 6) is 0.0610. The molecule has 1 aromatic rings. The monoisotopic (exact) mass is 234 g/mol. The van der Waals surface area contributed by atoms with Crippen molar-refractivity contribution in [1.29, 1.82) is 0 Å². The van der Waals surface area contributed by atoms with Crippen LogP contribution in [0.15, 0.2) is 18.2 Å². The van der Waals surface area contributed by atoms with Gasteiger partial charge in [0.2, 0.25) is 0 Å². The standard InChI is InChI=1S/C14H22N2O/c1-4-5-6-10-16(3)14(17)12-8-7-9-13(15)11(12)2/h7-9H,4-6,10,15H2,1-3H3. The molecule has 0 aliphatic carbocycles. The van der Waals surface area contributed by atoms with Gasteiger partial charge in [0, 0.05) is 24.8 Å². The van der Waals surface area contributed by atoms with E-state index in [2.05, 4.69) is 6.92 Å². The Bertz CT molecular complexity index is 388. The van der Waals surface area contributed by atoms with E-state index >= 15 is 0 Å². The number of rotatable bonds is 5. The SMILES string of the molecule is CCCCCN(C)C(=O)c1cccc(N)c1C. The number of anilines is 1. The van der Waals surface area contributed by atoms with Gasteiger partial charge in [-0.05, 0) is 31.0 Å². The molecule has 0 saturated carbocycles. The number of carbonyl (C=O) groups excluding carboxylic acids is 1. The summed E-state index contributed by atoms with van der Waals surface area (Å²) >= 11 is 0. The number of hydrogen-bond acceptors (Lipinski definition) is 2. The van der Waals surface area contributed by atoms with Crippen molar-refractivity contribution < 1.29 is 4.79 Å².